The highest BCUT2D eigenvalue weighted by Crippen LogP contribution is 2.27. The van der Waals surface area contributed by atoms with Crippen LogP contribution in [0.4, 0.5) is 0 Å². The quantitative estimate of drug-likeness (QED) is 0.838. The molecule has 4 nitrogen and oxygen atoms in total. The van der Waals surface area contributed by atoms with Crippen molar-refractivity contribution in [1.82, 2.24) is 10.2 Å². The first-order valence-corrected chi connectivity index (χ1v) is 8.22. The van der Waals surface area contributed by atoms with Gasteiger partial charge in [0.2, 0.25) is 0 Å². The average molecular weight is 367 g/mol. The molecule has 1 amide bonds. The van der Waals surface area contributed by atoms with Gasteiger partial charge in [0.25, 0.3) is 5.91 Å². The topological polar surface area (TPSA) is 41.6 Å². The van der Waals surface area contributed by atoms with Crippen LogP contribution in [0.15, 0.2) is 42.5 Å². The van der Waals surface area contributed by atoms with Gasteiger partial charge in [-0.3, -0.25) is 4.79 Å². The van der Waals surface area contributed by atoms with Crippen LogP contribution < -0.4 is 10.1 Å². The van der Waals surface area contributed by atoms with Gasteiger partial charge in [0.1, 0.15) is 5.75 Å². The third-order valence-electron chi connectivity index (χ3n) is 3.76. The zero-order valence-corrected chi connectivity index (χ0v) is 15.4. The summed E-state index contributed by atoms with van der Waals surface area (Å²) in [7, 11) is 5.56. The van der Waals surface area contributed by atoms with Gasteiger partial charge in [-0.05, 0) is 38.4 Å². The lowest BCUT2D eigenvalue weighted by Crippen LogP contribution is -2.34. The Bertz CT molecular complexity index is 720. The molecule has 0 aliphatic carbocycles. The number of carbonyl (C=O) groups excluding carboxylic acids is 1. The maximum Gasteiger partial charge on any atom is 0.251 e. The van der Waals surface area contributed by atoms with Gasteiger partial charge in [-0.15, -0.1) is 0 Å². The van der Waals surface area contributed by atoms with Gasteiger partial charge < -0.3 is 15.0 Å². The van der Waals surface area contributed by atoms with E-state index >= 15 is 0 Å². The van der Waals surface area contributed by atoms with Crippen molar-refractivity contribution in [2.24, 2.45) is 0 Å². The van der Waals surface area contributed by atoms with Crippen LogP contribution in [0.25, 0.3) is 0 Å². The number of nitrogens with one attached hydrogen (secondary N) is 1. The number of ether oxygens (including phenoxy) is 1. The minimum absolute atomic E-state index is 0.0205. The van der Waals surface area contributed by atoms with Crippen molar-refractivity contribution in [3.8, 4) is 5.75 Å². The zero-order chi connectivity index (χ0) is 17.7. The summed E-state index contributed by atoms with van der Waals surface area (Å²) in [5, 5.41) is 3.72. The molecule has 0 aliphatic rings. The molecular weight excluding hydrogens is 347 g/mol. The summed E-state index contributed by atoms with van der Waals surface area (Å²) >= 11 is 11.9. The fourth-order valence-corrected chi connectivity index (χ4v) is 2.74. The van der Waals surface area contributed by atoms with Crippen LogP contribution in [0.5, 0.6) is 5.75 Å². The van der Waals surface area contributed by atoms with E-state index in [1.54, 1.807) is 25.3 Å². The molecule has 0 heterocycles. The van der Waals surface area contributed by atoms with Crippen molar-refractivity contribution >= 4 is 29.1 Å². The molecule has 6 heteroatoms. The molecule has 0 spiro atoms. The fraction of sp³-hybridized carbons (Fsp3) is 0.278. The van der Waals surface area contributed by atoms with Crippen LogP contribution in [0.1, 0.15) is 22.0 Å². The third-order valence-corrected chi connectivity index (χ3v) is 4.50. The van der Waals surface area contributed by atoms with Crippen LogP contribution >= 0.6 is 23.2 Å². The van der Waals surface area contributed by atoms with Crippen molar-refractivity contribution in [1.29, 1.82) is 0 Å². The minimum atomic E-state index is -0.199. The highest BCUT2D eigenvalue weighted by atomic mass is 35.5. The Morgan fingerprint density at radius 3 is 2.50 bits per heavy atom. The molecule has 2 aromatic carbocycles. The Morgan fingerprint density at radius 1 is 1.17 bits per heavy atom. The number of benzene rings is 2. The lowest BCUT2D eigenvalue weighted by Gasteiger charge is -2.26. The molecule has 0 radical (unpaired) electrons. The molecule has 0 unspecified atom stereocenters. The van der Waals surface area contributed by atoms with Crippen molar-refractivity contribution < 1.29 is 9.53 Å². The van der Waals surface area contributed by atoms with E-state index in [2.05, 4.69) is 5.32 Å². The Balaban J connectivity index is 2.14. The second kappa shape index (κ2) is 8.38. The Hall–Kier alpha value is -1.75. The van der Waals surface area contributed by atoms with E-state index in [0.717, 1.165) is 11.3 Å². The zero-order valence-electron chi connectivity index (χ0n) is 13.8. The summed E-state index contributed by atoms with van der Waals surface area (Å²) in [6, 6.07) is 12.6. The first-order chi connectivity index (χ1) is 11.4. The standard InChI is InChI=1S/C18H20Cl2N2O2/c1-22(2)16(13-6-4-5-7-17(13)24-3)11-21-18(23)12-8-9-14(19)15(20)10-12/h4-10,16H,11H2,1-3H3,(H,21,23)/t16-/m0/s1. The molecule has 0 aromatic heterocycles. The molecule has 1 atom stereocenters. The third kappa shape index (κ3) is 4.41. The van der Waals surface area contributed by atoms with E-state index in [9.17, 15) is 4.79 Å². The highest BCUT2D eigenvalue weighted by Gasteiger charge is 2.19. The first kappa shape index (κ1) is 18.6. The van der Waals surface area contributed by atoms with Crippen molar-refractivity contribution in [2.45, 2.75) is 6.04 Å². The van der Waals surface area contributed by atoms with Crippen LogP contribution in [-0.4, -0.2) is 38.6 Å². The van der Waals surface area contributed by atoms with Gasteiger partial charge in [-0.25, -0.2) is 0 Å². The molecule has 0 aliphatic heterocycles. The number of hydrogen-bond donors (Lipinski definition) is 1. The summed E-state index contributed by atoms with van der Waals surface area (Å²) < 4.78 is 5.43. The van der Waals surface area contributed by atoms with Gasteiger partial charge in [-0.2, -0.15) is 0 Å². The molecule has 2 rings (SSSR count). The minimum Gasteiger partial charge on any atom is -0.496 e. The summed E-state index contributed by atoms with van der Waals surface area (Å²) in [5.41, 5.74) is 1.49. The number of methoxy groups -OCH3 is 1. The lowest BCUT2D eigenvalue weighted by molar-refractivity contribution is 0.0941. The molecule has 1 N–H and O–H groups in total. The number of rotatable bonds is 6. The number of amides is 1. The van der Waals surface area contributed by atoms with Crippen LogP contribution in [0.3, 0.4) is 0 Å². The van der Waals surface area contributed by atoms with E-state index < -0.39 is 0 Å². The van der Waals surface area contributed by atoms with Crippen LogP contribution in [-0.2, 0) is 0 Å². The summed E-state index contributed by atoms with van der Waals surface area (Å²) in [6.45, 7) is 0.437. The smallest absolute Gasteiger partial charge is 0.251 e. The molecular formula is C18H20Cl2N2O2. The molecule has 0 saturated heterocycles. The van der Waals surface area contributed by atoms with Gasteiger partial charge in [0.15, 0.2) is 0 Å². The molecule has 2 aromatic rings. The van der Waals surface area contributed by atoms with Gasteiger partial charge >= 0.3 is 0 Å². The summed E-state index contributed by atoms with van der Waals surface area (Å²) in [6.07, 6.45) is 0. The lowest BCUT2D eigenvalue weighted by atomic mass is 10.0. The molecule has 128 valence electrons. The number of likely N-dealkylation sites (N-methyl/N-ethyl adjacent to an activating group) is 1. The fourth-order valence-electron chi connectivity index (χ4n) is 2.44. The Labute approximate surface area is 152 Å². The predicted octanol–water partition coefficient (Wildman–Crippen LogP) is 4.03. The van der Waals surface area contributed by atoms with E-state index in [0.29, 0.717) is 22.2 Å². The molecule has 0 fully saturated rings. The maximum absolute atomic E-state index is 12.4. The van der Waals surface area contributed by atoms with Gasteiger partial charge in [0, 0.05) is 17.7 Å². The van der Waals surface area contributed by atoms with Gasteiger partial charge in [-0.1, -0.05) is 41.4 Å². The number of halogens is 2. The van der Waals surface area contributed by atoms with Crippen LogP contribution in [0.2, 0.25) is 10.0 Å². The van der Waals surface area contributed by atoms with E-state index in [1.807, 2.05) is 43.3 Å². The summed E-state index contributed by atoms with van der Waals surface area (Å²) in [5.74, 6) is 0.593. The SMILES string of the molecule is COc1ccccc1[C@H](CNC(=O)c1ccc(Cl)c(Cl)c1)N(C)C. The number of nitrogens with zero attached hydrogens (tertiary/aromatic N) is 1. The normalized spacial score (nSPS) is 12.1. The van der Waals surface area contributed by atoms with E-state index in [-0.39, 0.29) is 11.9 Å². The highest BCUT2D eigenvalue weighted by molar-refractivity contribution is 6.42. The van der Waals surface area contributed by atoms with Crippen molar-refractivity contribution in [2.75, 3.05) is 27.7 Å². The number of carbonyl (C=O) groups is 1. The Kier molecular flexibility index (Phi) is 6.49. The van der Waals surface area contributed by atoms with Crippen LogP contribution in [0, 0.1) is 0 Å². The number of hydrogen-bond acceptors (Lipinski definition) is 3. The molecule has 0 bridgehead atoms. The second-order valence-electron chi connectivity index (χ2n) is 5.56. The van der Waals surface area contributed by atoms with E-state index in [4.69, 9.17) is 27.9 Å². The predicted molar refractivity (Wildman–Crippen MR) is 98.2 cm³/mol. The van der Waals surface area contributed by atoms with Crippen molar-refractivity contribution in [3.63, 3.8) is 0 Å². The average Bonchev–Trinajstić information content (AvgIpc) is 2.57. The maximum atomic E-state index is 12.4. The number of para-hydroxylation sites is 1. The van der Waals surface area contributed by atoms with E-state index in [1.165, 1.54) is 0 Å². The van der Waals surface area contributed by atoms with Crippen molar-refractivity contribution in [3.05, 3.63) is 63.6 Å². The summed E-state index contributed by atoms with van der Waals surface area (Å²) in [4.78, 5) is 14.4. The molecule has 0 saturated carbocycles. The largest absolute Gasteiger partial charge is 0.496 e. The Morgan fingerprint density at radius 2 is 1.88 bits per heavy atom. The molecule has 24 heavy (non-hydrogen) atoms. The van der Waals surface area contributed by atoms with Gasteiger partial charge in [0.05, 0.1) is 23.2 Å². The monoisotopic (exact) mass is 366 g/mol. The first-order valence-electron chi connectivity index (χ1n) is 7.46. The second-order valence-corrected chi connectivity index (χ2v) is 6.37.